The number of nitrogens with zero attached hydrogens (tertiary/aromatic N) is 4. The van der Waals surface area contributed by atoms with E-state index in [-0.39, 0.29) is 17.7 Å². The SMILES string of the molecule is CC(C)N(C)CC(=O)N1C[C@@H](C)[C@@]2(CCN(Cc3cccnc3)C2=O)C1. The lowest BCUT2D eigenvalue weighted by molar-refractivity contribution is -0.138. The Morgan fingerprint density at radius 3 is 2.88 bits per heavy atom. The fourth-order valence-electron chi connectivity index (χ4n) is 4.08. The van der Waals surface area contributed by atoms with E-state index in [9.17, 15) is 9.59 Å². The Morgan fingerprint density at radius 2 is 2.23 bits per heavy atom. The molecule has 1 aromatic heterocycles. The molecular weight excluding hydrogens is 328 g/mol. The van der Waals surface area contributed by atoms with Crippen LogP contribution < -0.4 is 0 Å². The second-order valence-corrected chi connectivity index (χ2v) is 8.18. The van der Waals surface area contributed by atoms with Crippen molar-refractivity contribution in [3.8, 4) is 0 Å². The maximum absolute atomic E-state index is 13.2. The minimum Gasteiger partial charge on any atom is -0.340 e. The van der Waals surface area contributed by atoms with Crippen molar-refractivity contribution in [2.45, 2.75) is 39.8 Å². The molecule has 0 aliphatic carbocycles. The summed E-state index contributed by atoms with van der Waals surface area (Å²) in [4.78, 5) is 35.9. The van der Waals surface area contributed by atoms with E-state index >= 15 is 0 Å². The first kappa shape index (κ1) is 18.8. The number of hydrogen-bond acceptors (Lipinski definition) is 4. The van der Waals surface area contributed by atoms with Crippen LogP contribution in [-0.2, 0) is 16.1 Å². The van der Waals surface area contributed by atoms with Crippen LogP contribution in [0.15, 0.2) is 24.5 Å². The van der Waals surface area contributed by atoms with E-state index in [1.807, 2.05) is 40.1 Å². The third-order valence-corrected chi connectivity index (χ3v) is 6.17. The molecular formula is C20H30N4O2. The van der Waals surface area contributed by atoms with Crippen molar-refractivity contribution in [2.24, 2.45) is 11.3 Å². The van der Waals surface area contributed by atoms with Crippen molar-refractivity contribution >= 4 is 11.8 Å². The number of aromatic nitrogens is 1. The summed E-state index contributed by atoms with van der Waals surface area (Å²) in [6.07, 6.45) is 4.39. The highest BCUT2D eigenvalue weighted by atomic mass is 16.2. The molecule has 1 spiro atoms. The highest BCUT2D eigenvalue weighted by Gasteiger charge is 2.55. The zero-order valence-corrected chi connectivity index (χ0v) is 16.3. The first-order valence-electron chi connectivity index (χ1n) is 9.50. The molecule has 6 heteroatoms. The molecule has 0 saturated carbocycles. The number of likely N-dealkylation sites (N-methyl/N-ethyl adjacent to an activating group) is 1. The molecule has 0 radical (unpaired) electrons. The van der Waals surface area contributed by atoms with E-state index < -0.39 is 5.41 Å². The maximum Gasteiger partial charge on any atom is 0.236 e. The highest BCUT2D eigenvalue weighted by Crippen LogP contribution is 2.45. The molecule has 3 rings (SSSR count). The van der Waals surface area contributed by atoms with E-state index in [1.54, 1.807) is 6.20 Å². The van der Waals surface area contributed by atoms with E-state index in [0.29, 0.717) is 32.2 Å². The van der Waals surface area contributed by atoms with E-state index in [4.69, 9.17) is 0 Å². The lowest BCUT2D eigenvalue weighted by atomic mass is 9.78. The van der Waals surface area contributed by atoms with Gasteiger partial charge in [0.05, 0.1) is 12.0 Å². The van der Waals surface area contributed by atoms with Crippen LogP contribution in [0, 0.1) is 11.3 Å². The van der Waals surface area contributed by atoms with Gasteiger partial charge in [0.15, 0.2) is 0 Å². The predicted molar refractivity (Wildman–Crippen MR) is 100 cm³/mol. The fourth-order valence-corrected chi connectivity index (χ4v) is 4.08. The zero-order valence-electron chi connectivity index (χ0n) is 16.3. The van der Waals surface area contributed by atoms with Gasteiger partial charge in [-0.25, -0.2) is 0 Å². The summed E-state index contributed by atoms with van der Waals surface area (Å²) in [7, 11) is 1.97. The van der Waals surface area contributed by atoms with E-state index in [1.165, 1.54) is 0 Å². The number of amides is 2. The molecule has 6 nitrogen and oxygen atoms in total. The van der Waals surface area contributed by atoms with Crippen LogP contribution in [0.25, 0.3) is 0 Å². The summed E-state index contributed by atoms with van der Waals surface area (Å²) in [6, 6.07) is 4.23. The van der Waals surface area contributed by atoms with Gasteiger partial charge < -0.3 is 9.80 Å². The number of carbonyl (C=O) groups is 2. The molecule has 0 bridgehead atoms. The van der Waals surface area contributed by atoms with Crippen molar-refractivity contribution in [1.82, 2.24) is 19.7 Å². The lowest BCUT2D eigenvalue weighted by Gasteiger charge is -2.27. The molecule has 0 N–H and O–H groups in total. The monoisotopic (exact) mass is 358 g/mol. The summed E-state index contributed by atoms with van der Waals surface area (Å²) < 4.78 is 0. The van der Waals surface area contributed by atoms with Crippen LogP contribution in [0.4, 0.5) is 0 Å². The topological polar surface area (TPSA) is 56.8 Å². The van der Waals surface area contributed by atoms with Gasteiger partial charge in [0.2, 0.25) is 11.8 Å². The Bertz CT molecular complexity index is 663. The smallest absolute Gasteiger partial charge is 0.236 e. The first-order chi connectivity index (χ1) is 12.3. The Labute approximate surface area is 156 Å². The average molecular weight is 358 g/mol. The number of likely N-dealkylation sites (tertiary alicyclic amines) is 2. The molecule has 0 aromatic carbocycles. The third kappa shape index (κ3) is 3.47. The van der Waals surface area contributed by atoms with Crippen LogP contribution in [0.1, 0.15) is 32.8 Å². The van der Waals surface area contributed by atoms with Crippen LogP contribution in [-0.4, -0.2) is 70.8 Å². The summed E-state index contributed by atoms with van der Waals surface area (Å²) >= 11 is 0. The van der Waals surface area contributed by atoms with Gasteiger partial charge in [0, 0.05) is 44.6 Å². The average Bonchev–Trinajstić information content (AvgIpc) is 3.11. The highest BCUT2D eigenvalue weighted by molar-refractivity contribution is 5.88. The second-order valence-electron chi connectivity index (χ2n) is 8.18. The van der Waals surface area contributed by atoms with E-state index in [2.05, 4.69) is 25.8 Å². The van der Waals surface area contributed by atoms with Gasteiger partial charge in [0.1, 0.15) is 0 Å². The summed E-state index contributed by atoms with van der Waals surface area (Å²) in [5.74, 6) is 0.520. The van der Waals surface area contributed by atoms with Crippen molar-refractivity contribution in [3.05, 3.63) is 30.1 Å². The minimum absolute atomic E-state index is 0.128. The maximum atomic E-state index is 13.2. The van der Waals surface area contributed by atoms with Crippen LogP contribution in [0.3, 0.4) is 0 Å². The fraction of sp³-hybridized carbons (Fsp3) is 0.650. The van der Waals surface area contributed by atoms with E-state index in [0.717, 1.165) is 18.5 Å². The van der Waals surface area contributed by atoms with Gasteiger partial charge in [-0.2, -0.15) is 0 Å². The van der Waals surface area contributed by atoms with Crippen molar-refractivity contribution < 1.29 is 9.59 Å². The molecule has 2 aliphatic heterocycles. The zero-order chi connectivity index (χ0) is 18.9. The molecule has 2 aliphatic rings. The quantitative estimate of drug-likeness (QED) is 0.803. The van der Waals surface area contributed by atoms with Gasteiger partial charge in [-0.05, 0) is 44.9 Å². The van der Waals surface area contributed by atoms with Crippen molar-refractivity contribution in [2.75, 3.05) is 33.2 Å². The second kappa shape index (κ2) is 7.35. The number of carbonyl (C=O) groups excluding carboxylic acids is 2. The Kier molecular flexibility index (Phi) is 5.32. The Hall–Kier alpha value is -1.95. The number of hydrogen-bond donors (Lipinski definition) is 0. The van der Waals surface area contributed by atoms with Gasteiger partial charge >= 0.3 is 0 Å². The molecule has 2 fully saturated rings. The molecule has 2 amide bonds. The predicted octanol–water partition coefficient (Wildman–Crippen LogP) is 1.62. The normalized spacial score (nSPS) is 25.9. The van der Waals surface area contributed by atoms with Crippen LogP contribution in [0.2, 0.25) is 0 Å². The van der Waals surface area contributed by atoms with Crippen molar-refractivity contribution in [1.29, 1.82) is 0 Å². The summed E-state index contributed by atoms with van der Waals surface area (Å²) in [6.45, 7) is 9.28. The Morgan fingerprint density at radius 1 is 1.46 bits per heavy atom. The standard InChI is InChI=1S/C20H30N4O2/c1-15(2)22(4)13-18(25)24-11-16(3)20(14-24)7-9-23(19(20)26)12-17-6-5-8-21-10-17/h5-6,8,10,15-16H,7,9,11-14H2,1-4H3/t16-,20-/m1/s1. The molecule has 26 heavy (non-hydrogen) atoms. The third-order valence-electron chi connectivity index (χ3n) is 6.17. The van der Waals surface area contributed by atoms with Crippen LogP contribution in [0.5, 0.6) is 0 Å². The molecule has 3 heterocycles. The summed E-state index contributed by atoms with van der Waals surface area (Å²) in [5, 5.41) is 0. The van der Waals surface area contributed by atoms with Gasteiger partial charge in [0.25, 0.3) is 0 Å². The lowest BCUT2D eigenvalue weighted by Crippen LogP contribution is -2.43. The molecule has 2 saturated heterocycles. The summed E-state index contributed by atoms with van der Waals surface area (Å²) in [5.41, 5.74) is 0.643. The first-order valence-corrected chi connectivity index (χ1v) is 9.50. The number of pyridine rings is 1. The van der Waals surface area contributed by atoms with Crippen molar-refractivity contribution in [3.63, 3.8) is 0 Å². The van der Waals surface area contributed by atoms with Crippen LogP contribution >= 0.6 is 0 Å². The van der Waals surface area contributed by atoms with Gasteiger partial charge in [-0.1, -0.05) is 13.0 Å². The molecule has 142 valence electrons. The minimum atomic E-state index is -0.408. The van der Waals surface area contributed by atoms with Gasteiger partial charge in [-0.3, -0.25) is 19.5 Å². The van der Waals surface area contributed by atoms with Gasteiger partial charge in [-0.15, -0.1) is 0 Å². The molecule has 1 aromatic rings. The number of rotatable bonds is 5. The molecule has 2 atom stereocenters. The largest absolute Gasteiger partial charge is 0.340 e. The molecule has 0 unspecified atom stereocenters. The Balaban J connectivity index is 1.67.